The van der Waals surface area contributed by atoms with E-state index in [0.29, 0.717) is 19.0 Å². The number of carbonyl (C=O) groups is 1. The maximum atomic E-state index is 8.95. The predicted molar refractivity (Wildman–Crippen MR) is 46.7 cm³/mol. The minimum Gasteiger partial charge on any atom is -0.471 e. The van der Waals surface area contributed by atoms with Gasteiger partial charge < -0.3 is 9.84 Å². The zero-order valence-electron chi connectivity index (χ0n) is 7.66. The molecular weight excluding hydrogens is 156 g/mol. The second-order valence-electron chi connectivity index (χ2n) is 3.02. The molecule has 1 aliphatic rings. The van der Waals surface area contributed by atoms with Gasteiger partial charge in [-0.2, -0.15) is 0 Å². The van der Waals surface area contributed by atoms with Crippen LogP contribution >= 0.6 is 0 Å². The first kappa shape index (κ1) is 11.4. The Hall–Kier alpha value is -0.570. The number of hydrogen-bond acceptors (Lipinski definition) is 3. The molecule has 0 aromatic heterocycles. The van der Waals surface area contributed by atoms with E-state index < -0.39 is 0 Å². The highest BCUT2D eigenvalue weighted by Gasteiger charge is 2.10. The normalized spacial score (nSPS) is 17.5. The van der Waals surface area contributed by atoms with Gasteiger partial charge in [0.05, 0.1) is 7.11 Å². The summed E-state index contributed by atoms with van der Waals surface area (Å²) in [6.07, 6.45) is 6.58. The van der Waals surface area contributed by atoms with E-state index >= 15 is 0 Å². The monoisotopic (exact) mass is 174 g/mol. The average molecular weight is 174 g/mol. The molecule has 0 unspecified atom stereocenters. The minimum atomic E-state index is 0.375. The van der Waals surface area contributed by atoms with Crippen LogP contribution in [-0.4, -0.2) is 25.3 Å². The molecule has 1 fully saturated rings. The van der Waals surface area contributed by atoms with Crippen molar-refractivity contribution in [1.82, 2.24) is 0 Å². The van der Waals surface area contributed by atoms with Crippen LogP contribution in [0, 0.1) is 5.92 Å². The zero-order valence-corrected chi connectivity index (χ0v) is 7.66. The quantitative estimate of drug-likeness (QED) is 0.643. The lowest BCUT2D eigenvalue weighted by molar-refractivity contribution is -0.126. The van der Waals surface area contributed by atoms with E-state index in [2.05, 4.69) is 4.74 Å². The first-order valence-corrected chi connectivity index (χ1v) is 4.42. The topological polar surface area (TPSA) is 46.5 Å². The van der Waals surface area contributed by atoms with Crippen molar-refractivity contribution in [2.45, 2.75) is 32.1 Å². The third kappa shape index (κ3) is 6.16. The minimum absolute atomic E-state index is 0.375. The number of rotatable bonds is 2. The van der Waals surface area contributed by atoms with Gasteiger partial charge in [0.25, 0.3) is 6.47 Å². The third-order valence-corrected chi connectivity index (χ3v) is 2.08. The standard InChI is InChI=1S/C7H14O.C2H4O2/c8-6-7-4-2-1-3-5-7;1-4-2-3/h7-8H,1-6H2;2H,1H3. The number of methoxy groups -OCH3 is 1. The highest BCUT2D eigenvalue weighted by atomic mass is 16.5. The second-order valence-corrected chi connectivity index (χ2v) is 3.02. The van der Waals surface area contributed by atoms with Gasteiger partial charge in [-0.05, 0) is 18.8 Å². The molecule has 0 saturated heterocycles. The number of aliphatic hydroxyl groups excluding tert-OH is 1. The van der Waals surface area contributed by atoms with Gasteiger partial charge >= 0.3 is 0 Å². The summed E-state index contributed by atoms with van der Waals surface area (Å²) >= 11 is 0. The largest absolute Gasteiger partial charge is 0.471 e. The zero-order chi connectivity index (χ0) is 9.23. The van der Waals surface area contributed by atoms with Gasteiger partial charge in [-0.25, -0.2) is 0 Å². The Balaban J connectivity index is 0.000000261. The number of carbonyl (C=O) groups excluding carboxylic acids is 1. The molecule has 0 heterocycles. The molecule has 0 aromatic rings. The Morgan fingerprint density at radius 3 is 2.17 bits per heavy atom. The summed E-state index contributed by atoms with van der Waals surface area (Å²) in [5, 5.41) is 8.69. The van der Waals surface area contributed by atoms with Crippen LogP contribution in [0.3, 0.4) is 0 Å². The second kappa shape index (κ2) is 8.53. The van der Waals surface area contributed by atoms with Crippen LogP contribution in [0.1, 0.15) is 32.1 Å². The summed E-state index contributed by atoms with van der Waals surface area (Å²) < 4.78 is 3.86. The van der Waals surface area contributed by atoms with E-state index in [1.165, 1.54) is 39.2 Å². The summed E-state index contributed by atoms with van der Waals surface area (Å²) in [4.78, 5) is 8.95. The maximum Gasteiger partial charge on any atom is 0.292 e. The fraction of sp³-hybridized carbons (Fsp3) is 0.889. The highest BCUT2D eigenvalue weighted by molar-refractivity contribution is 5.36. The molecule has 12 heavy (non-hydrogen) atoms. The van der Waals surface area contributed by atoms with Gasteiger partial charge in [-0.3, -0.25) is 4.79 Å². The molecule has 0 atom stereocenters. The van der Waals surface area contributed by atoms with E-state index in [1.54, 1.807) is 0 Å². The Kier molecular flexibility index (Phi) is 8.12. The van der Waals surface area contributed by atoms with Crippen molar-refractivity contribution in [3.8, 4) is 0 Å². The van der Waals surface area contributed by atoms with Crippen LogP contribution in [0.5, 0.6) is 0 Å². The van der Waals surface area contributed by atoms with E-state index in [4.69, 9.17) is 9.90 Å². The molecule has 1 N–H and O–H groups in total. The number of aliphatic hydroxyl groups is 1. The van der Waals surface area contributed by atoms with Gasteiger partial charge in [0.2, 0.25) is 0 Å². The van der Waals surface area contributed by atoms with Crippen molar-refractivity contribution in [2.75, 3.05) is 13.7 Å². The Labute approximate surface area is 73.7 Å². The van der Waals surface area contributed by atoms with Crippen molar-refractivity contribution >= 4 is 6.47 Å². The summed E-state index contributed by atoms with van der Waals surface area (Å²) in [6.45, 7) is 0.792. The van der Waals surface area contributed by atoms with Crippen LogP contribution in [0.15, 0.2) is 0 Å². The lowest BCUT2D eigenvalue weighted by Gasteiger charge is -2.18. The molecule has 0 bridgehead atoms. The van der Waals surface area contributed by atoms with Gasteiger partial charge in [0.1, 0.15) is 0 Å². The predicted octanol–water partition coefficient (Wildman–Crippen LogP) is 1.35. The average Bonchev–Trinajstić information content (AvgIpc) is 2.19. The van der Waals surface area contributed by atoms with E-state index in [-0.39, 0.29) is 0 Å². The molecule has 0 amide bonds. The molecule has 1 saturated carbocycles. The highest BCUT2D eigenvalue weighted by Crippen LogP contribution is 2.22. The van der Waals surface area contributed by atoms with E-state index in [1.807, 2.05) is 0 Å². The van der Waals surface area contributed by atoms with E-state index in [0.717, 1.165) is 0 Å². The van der Waals surface area contributed by atoms with Gasteiger partial charge in [0.15, 0.2) is 0 Å². The fourth-order valence-electron chi connectivity index (χ4n) is 1.37. The molecule has 72 valence electrons. The van der Waals surface area contributed by atoms with Crippen LogP contribution in [-0.2, 0) is 9.53 Å². The first-order chi connectivity index (χ1) is 5.85. The summed E-state index contributed by atoms with van der Waals surface area (Å²) in [5.41, 5.74) is 0. The fourth-order valence-corrected chi connectivity index (χ4v) is 1.37. The van der Waals surface area contributed by atoms with Crippen molar-refractivity contribution < 1.29 is 14.6 Å². The van der Waals surface area contributed by atoms with Crippen molar-refractivity contribution in [3.05, 3.63) is 0 Å². The lowest BCUT2D eigenvalue weighted by atomic mass is 9.90. The van der Waals surface area contributed by atoms with Crippen LogP contribution < -0.4 is 0 Å². The molecule has 1 rings (SSSR count). The molecule has 3 nitrogen and oxygen atoms in total. The number of hydrogen-bond donors (Lipinski definition) is 1. The molecule has 0 radical (unpaired) electrons. The summed E-state index contributed by atoms with van der Waals surface area (Å²) in [6, 6.07) is 0. The number of ether oxygens (including phenoxy) is 1. The first-order valence-electron chi connectivity index (χ1n) is 4.42. The summed E-state index contributed by atoms with van der Waals surface area (Å²) in [5.74, 6) is 0.642. The Bertz CT molecular complexity index is 97.9. The maximum absolute atomic E-state index is 8.95. The SMILES string of the molecule is COC=O.OCC1CCCCC1. The van der Waals surface area contributed by atoms with Crippen LogP contribution in [0.2, 0.25) is 0 Å². The Morgan fingerprint density at radius 1 is 1.42 bits per heavy atom. The van der Waals surface area contributed by atoms with Crippen molar-refractivity contribution in [1.29, 1.82) is 0 Å². The molecule has 1 aliphatic carbocycles. The lowest BCUT2D eigenvalue weighted by Crippen LogP contribution is -2.09. The third-order valence-electron chi connectivity index (χ3n) is 2.08. The van der Waals surface area contributed by atoms with Gasteiger partial charge in [0, 0.05) is 6.61 Å². The van der Waals surface area contributed by atoms with Crippen LogP contribution in [0.4, 0.5) is 0 Å². The summed E-state index contributed by atoms with van der Waals surface area (Å²) in [7, 11) is 1.31. The molecular formula is C9H18O3. The molecule has 0 spiro atoms. The molecule has 3 heteroatoms. The van der Waals surface area contributed by atoms with Crippen LogP contribution in [0.25, 0.3) is 0 Å². The van der Waals surface area contributed by atoms with Crippen molar-refractivity contribution in [2.24, 2.45) is 5.92 Å². The Morgan fingerprint density at radius 2 is 1.92 bits per heavy atom. The molecule has 0 aromatic carbocycles. The van der Waals surface area contributed by atoms with Gasteiger partial charge in [-0.1, -0.05) is 19.3 Å². The van der Waals surface area contributed by atoms with E-state index in [9.17, 15) is 0 Å². The molecule has 0 aliphatic heterocycles. The van der Waals surface area contributed by atoms with Crippen molar-refractivity contribution in [3.63, 3.8) is 0 Å². The van der Waals surface area contributed by atoms with Gasteiger partial charge in [-0.15, -0.1) is 0 Å². The smallest absolute Gasteiger partial charge is 0.292 e.